The number of hydrogen-bond acceptors (Lipinski definition) is 2. The van der Waals surface area contributed by atoms with E-state index in [1.165, 1.54) is 11.1 Å². The molecule has 0 amide bonds. The summed E-state index contributed by atoms with van der Waals surface area (Å²) in [5.41, 5.74) is 6.69. The predicted octanol–water partition coefficient (Wildman–Crippen LogP) is 6.70. The molecule has 3 aromatic rings. The molecule has 0 unspecified atom stereocenters. The van der Waals surface area contributed by atoms with Crippen LogP contribution in [0.1, 0.15) is 27.8 Å². The number of halogens is 1. The predicted molar refractivity (Wildman–Crippen MR) is 113 cm³/mol. The molecule has 0 bridgehead atoms. The molecule has 0 radical (unpaired) electrons. The number of hydrogen-bond donors (Lipinski definition) is 0. The Morgan fingerprint density at radius 1 is 0.885 bits per heavy atom. The summed E-state index contributed by atoms with van der Waals surface area (Å²) in [6.07, 6.45) is 1.87. The van der Waals surface area contributed by atoms with Crippen LogP contribution in [0.15, 0.2) is 70.1 Å². The Morgan fingerprint density at radius 3 is 2.38 bits per heavy atom. The first-order chi connectivity index (χ1) is 12.5. The molecule has 0 heterocycles. The van der Waals surface area contributed by atoms with Gasteiger partial charge in [-0.1, -0.05) is 57.9 Å². The molecule has 0 spiro atoms. The molecule has 0 N–H and O–H groups in total. The molecule has 3 rings (SSSR count). The summed E-state index contributed by atoms with van der Waals surface area (Å²) in [4.78, 5) is 4.68. The minimum atomic E-state index is 0.534. The molecule has 0 saturated heterocycles. The lowest BCUT2D eigenvalue weighted by Gasteiger charge is -2.10. The number of nitrogens with zero attached hydrogens (tertiary/aromatic N) is 1. The molecule has 0 atom stereocenters. The zero-order valence-electron chi connectivity index (χ0n) is 15.3. The van der Waals surface area contributed by atoms with Crippen LogP contribution in [0.3, 0.4) is 0 Å². The maximum atomic E-state index is 6.05. The molecule has 2 nitrogen and oxygen atoms in total. The number of rotatable bonds is 5. The summed E-state index contributed by atoms with van der Waals surface area (Å²) in [5, 5.41) is 0. The van der Waals surface area contributed by atoms with Crippen LogP contribution in [0.25, 0.3) is 0 Å². The average molecular weight is 408 g/mol. The molecule has 0 aliphatic heterocycles. The van der Waals surface area contributed by atoms with E-state index in [1.807, 2.05) is 24.4 Å². The molecule has 0 aliphatic rings. The van der Waals surface area contributed by atoms with Gasteiger partial charge < -0.3 is 4.74 Å². The summed E-state index contributed by atoms with van der Waals surface area (Å²) in [6, 6.07) is 20.7. The second-order valence-electron chi connectivity index (χ2n) is 6.50. The summed E-state index contributed by atoms with van der Waals surface area (Å²) in [7, 11) is 0. The quantitative estimate of drug-likeness (QED) is 0.430. The van der Waals surface area contributed by atoms with Crippen molar-refractivity contribution in [2.45, 2.75) is 27.4 Å². The molecule has 132 valence electrons. The van der Waals surface area contributed by atoms with Crippen LogP contribution in [0.4, 0.5) is 5.69 Å². The van der Waals surface area contributed by atoms with Gasteiger partial charge in [-0.2, -0.15) is 0 Å². The monoisotopic (exact) mass is 407 g/mol. The first-order valence-electron chi connectivity index (χ1n) is 8.60. The van der Waals surface area contributed by atoms with Gasteiger partial charge in [0, 0.05) is 16.3 Å². The second-order valence-corrected chi connectivity index (χ2v) is 7.42. The molecule has 0 aliphatic carbocycles. The molecule has 3 aromatic carbocycles. The Bertz CT molecular complexity index is 929. The van der Waals surface area contributed by atoms with Gasteiger partial charge in [-0.05, 0) is 61.7 Å². The summed E-state index contributed by atoms with van der Waals surface area (Å²) >= 11 is 3.54. The van der Waals surface area contributed by atoms with Crippen molar-refractivity contribution in [2.75, 3.05) is 0 Å². The normalized spacial score (nSPS) is 11.1. The first-order valence-corrected chi connectivity index (χ1v) is 9.40. The second kappa shape index (κ2) is 8.33. The van der Waals surface area contributed by atoms with E-state index in [0.717, 1.165) is 32.6 Å². The fourth-order valence-electron chi connectivity index (χ4n) is 2.59. The highest BCUT2D eigenvalue weighted by Gasteiger charge is 2.04. The Balaban J connectivity index is 1.82. The zero-order chi connectivity index (χ0) is 18.5. The van der Waals surface area contributed by atoms with Gasteiger partial charge >= 0.3 is 0 Å². The van der Waals surface area contributed by atoms with Gasteiger partial charge in [0.15, 0.2) is 0 Å². The summed E-state index contributed by atoms with van der Waals surface area (Å²) in [5.74, 6) is 0.822. The molecule has 3 heteroatoms. The van der Waals surface area contributed by atoms with Gasteiger partial charge in [0.25, 0.3) is 0 Å². The maximum absolute atomic E-state index is 6.05. The molecular weight excluding hydrogens is 386 g/mol. The lowest BCUT2D eigenvalue weighted by molar-refractivity contribution is 0.306. The van der Waals surface area contributed by atoms with E-state index in [4.69, 9.17) is 4.74 Å². The first kappa shape index (κ1) is 18.4. The van der Waals surface area contributed by atoms with Crippen LogP contribution in [0, 0.1) is 20.8 Å². The highest BCUT2D eigenvalue weighted by molar-refractivity contribution is 9.10. The van der Waals surface area contributed by atoms with E-state index in [2.05, 4.69) is 84.2 Å². The highest BCUT2D eigenvalue weighted by Crippen LogP contribution is 2.25. The number of ether oxygens (including phenoxy) is 1. The van der Waals surface area contributed by atoms with Crippen molar-refractivity contribution < 1.29 is 4.74 Å². The number of aryl methyl sites for hydroxylation is 3. The summed E-state index contributed by atoms with van der Waals surface area (Å²) < 4.78 is 7.05. The number of benzene rings is 3. The maximum Gasteiger partial charge on any atom is 0.128 e. The van der Waals surface area contributed by atoms with Crippen LogP contribution in [-0.4, -0.2) is 6.21 Å². The van der Waals surface area contributed by atoms with Crippen molar-refractivity contribution in [3.05, 3.63) is 93.0 Å². The highest BCUT2D eigenvalue weighted by atomic mass is 79.9. The van der Waals surface area contributed by atoms with E-state index >= 15 is 0 Å². The minimum absolute atomic E-state index is 0.534. The Kier molecular flexibility index (Phi) is 5.89. The van der Waals surface area contributed by atoms with Gasteiger partial charge in [-0.3, -0.25) is 4.99 Å². The van der Waals surface area contributed by atoms with Crippen LogP contribution in [0.5, 0.6) is 5.75 Å². The smallest absolute Gasteiger partial charge is 0.128 e. The van der Waals surface area contributed by atoms with Gasteiger partial charge in [0.1, 0.15) is 12.4 Å². The van der Waals surface area contributed by atoms with Crippen molar-refractivity contribution in [3.63, 3.8) is 0 Å². The average Bonchev–Trinajstić information content (AvgIpc) is 2.63. The molecule has 26 heavy (non-hydrogen) atoms. The van der Waals surface area contributed by atoms with E-state index < -0.39 is 0 Å². The van der Waals surface area contributed by atoms with E-state index in [0.29, 0.717) is 6.61 Å². The SMILES string of the molecule is Cc1ccc(COc2ccc(Br)cc2C=Nc2cc(C)ccc2C)cc1. The van der Waals surface area contributed by atoms with Crippen LogP contribution < -0.4 is 4.74 Å². The zero-order valence-corrected chi connectivity index (χ0v) is 16.9. The van der Waals surface area contributed by atoms with Crippen LogP contribution in [0.2, 0.25) is 0 Å². The topological polar surface area (TPSA) is 21.6 Å². The molecule has 0 aromatic heterocycles. The Labute approximate surface area is 163 Å². The standard InChI is InChI=1S/C23H22BrNO/c1-16-5-8-19(9-6-16)15-26-23-11-10-21(24)13-20(23)14-25-22-12-17(2)4-7-18(22)3/h4-14H,15H2,1-3H3. The van der Waals surface area contributed by atoms with Crippen molar-refractivity contribution in [3.8, 4) is 5.75 Å². The molecule has 0 fully saturated rings. The van der Waals surface area contributed by atoms with Gasteiger partial charge in [-0.15, -0.1) is 0 Å². The lowest BCUT2D eigenvalue weighted by Crippen LogP contribution is -1.98. The summed E-state index contributed by atoms with van der Waals surface area (Å²) in [6.45, 7) is 6.77. The van der Waals surface area contributed by atoms with Gasteiger partial charge in [0.2, 0.25) is 0 Å². The van der Waals surface area contributed by atoms with Crippen LogP contribution in [-0.2, 0) is 6.61 Å². The van der Waals surface area contributed by atoms with Crippen molar-refractivity contribution >= 4 is 27.8 Å². The third-order valence-electron chi connectivity index (χ3n) is 4.19. The van der Waals surface area contributed by atoms with Crippen molar-refractivity contribution in [1.29, 1.82) is 0 Å². The van der Waals surface area contributed by atoms with Gasteiger partial charge in [-0.25, -0.2) is 0 Å². The third kappa shape index (κ3) is 4.83. The largest absolute Gasteiger partial charge is 0.488 e. The van der Waals surface area contributed by atoms with Gasteiger partial charge in [0.05, 0.1) is 5.69 Å². The Morgan fingerprint density at radius 2 is 1.62 bits per heavy atom. The molecule has 0 saturated carbocycles. The fraction of sp³-hybridized carbons (Fsp3) is 0.174. The number of aliphatic imine (C=N–C) groups is 1. The van der Waals surface area contributed by atoms with E-state index in [1.54, 1.807) is 0 Å². The fourth-order valence-corrected chi connectivity index (χ4v) is 2.97. The third-order valence-corrected chi connectivity index (χ3v) is 4.69. The Hall–Kier alpha value is -2.39. The minimum Gasteiger partial charge on any atom is -0.488 e. The van der Waals surface area contributed by atoms with Crippen LogP contribution >= 0.6 is 15.9 Å². The van der Waals surface area contributed by atoms with Crippen molar-refractivity contribution in [1.82, 2.24) is 0 Å². The van der Waals surface area contributed by atoms with E-state index in [-0.39, 0.29) is 0 Å². The van der Waals surface area contributed by atoms with E-state index in [9.17, 15) is 0 Å². The lowest BCUT2D eigenvalue weighted by atomic mass is 10.1. The molecular formula is C23H22BrNO. The van der Waals surface area contributed by atoms with Crippen molar-refractivity contribution in [2.24, 2.45) is 4.99 Å².